The molecule has 0 aromatic heterocycles. The number of hydrogen-bond donors (Lipinski definition) is 0. The van der Waals surface area contributed by atoms with Crippen LogP contribution in [0.15, 0.2) is 72.3 Å². The van der Waals surface area contributed by atoms with Crippen molar-refractivity contribution < 1.29 is 4.57 Å². The molecule has 1 heterocycles. The molecular weight excluding hydrogens is 444 g/mol. The van der Waals surface area contributed by atoms with E-state index in [2.05, 4.69) is 25.4 Å². The van der Waals surface area contributed by atoms with E-state index in [9.17, 15) is 4.57 Å². The molecule has 0 amide bonds. The molecule has 1 saturated heterocycles. The summed E-state index contributed by atoms with van der Waals surface area (Å²) in [7, 11) is -3.13. The van der Waals surface area contributed by atoms with Crippen LogP contribution in [0.3, 0.4) is 0 Å². The van der Waals surface area contributed by atoms with Crippen LogP contribution in [0, 0.1) is 10.8 Å². The molecule has 0 radical (unpaired) electrons. The molecular formula is C26H30Cl2NOP. The van der Waals surface area contributed by atoms with Gasteiger partial charge in [-0.3, -0.25) is 4.57 Å². The quantitative estimate of drug-likeness (QED) is 0.404. The maximum Gasteiger partial charge on any atom is 0.196 e. The number of fused-ring (bicyclic) bond motifs is 2. The minimum absolute atomic E-state index is 0.155. The van der Waals surface area contributed by atoms with Crippen LogP contribution in [-0.2, 0) is 4.57 Å². The van der Waals surface area contributed by atoms with E-state index in [0.717, 1.165) is 36.9 Å². The second-order valence-corrected chi connectivity index (χ2v) is 13.4. The molecule has 1 aliphatic carbocycles. The summed E-state index contributed by atoms with van der Waals surface area (Å²) in [5, 5.41) is 1.01. The molecule has 2 bridgehead atoms. The molecule has 2 fully saturated rings. The molecule has 2 atom stereocenters. The van der Waals surface area contributed by atoms with Crippen molar-refractivity contribution in [2.75, 3.05) is 6.54 Å². The zero-order chi connectivity index (χ0) is 22.3. The summed E-state index contributed by atoms with van der Waals surface area (Å²) in [5.41, 5.74) is 2.11. The molecule has 0 spiro atoms. The predicted octanol–water partition coefficient (Wildman–Crippen LogP) is 8.64. The van der Waals surface area contributed by atoms with E-state index < -0.39 is 7.29 Å². The Hall–Kier alpha value is -1.31. The molecule has 164 valence electrons. The van der Waals surface area contributed by atoms with Gasteiger partial charge >= 0.3 is 0 Å². The van der Waals surface area contributed by atoms with Gasteiger partial charge in [0.15, 0.2) is 7.29 Å². The zero-order valence-electron chi connectivity index (χ0n) is 18.4. The largest absolute Gasteiger partial charge is 0.297 e. The third kappa shape index (κ3) is 5.04. The van der Waals surface area contributed by atoms with Gasteiger partial charge in [0.25, 0.3) is 0 Å². The minimum atomic E-state index is -3.13. The van der Waals surface area contributed by atoms with Crippen LogP contribution < -0.4 is 0 Å². The van der Waals surface area contributed by atoms with Gasteiger partial charge < -0.3 is 0 Å². The molecule has 2 nitrogen and oxygen atoms in total. The van der Waals surface area contributed by atoms with Gasteiger partial charge in [-0.05, 0) is 41.2 Å². The SMILES string of the molecule is CC1(C)CC2CC(C)(CN2P(=O)(/C=C(\Cl)c2ccccc2)/C=C(\Cl)c2ccccc2)C1. The number of hydrogen-bond acceptors (Lipinski definition) is 1. The van der Waals surface area contributed by atoms with Gasteiger partial charge in [0.1, 0.15) is 0 Å². The van der Waals surface area contributed by atoms with Crippen molar-refractivity contribution in [3.05, 3.63) is 83.4 Å². The van der Waals surface area contributed by atoms with Crippen LogP contribution in [0.25, 0.3) is 10.1 Å². The monoisotopic (exact) mass is 473 g/mol. The van der Waals surface area contributed by atoms with Gasteiger partial charge in [-0.1, -0.05) is 105 Å². The van der Waals surface area contributed by atoms with Crippen LogP contribution in [0.5, 0.6) is 0 Å². The number of halogens is 2. The molecule has 2 aromatic carbocycles. The Morgan fingerprint density at radius 1 is 0.903 bits per heavy atom. The first kappa shape index (κ1) is 22.9. The highest BCUT2D eigenvalue weighted by atomic mass is 35.5. The Kier molecular flexibility index (Phi) is 6.32. The fourth-order valence-electron chi connectivity index (χ4n) is 5.65. The lowest BCUT2D eigenvalue weighted by atomic mass is 9.65. The van der Waals surface area contributed by atoms with Crippen LogP contribution >= 0.6 is 30.5 Å². The molecule has 2 unspecified atom stereocenters. The highest BCUT2D eigenvalue weighted by molar-refractivity contribution is 7.68. The van der Waals surface area contributed by atoms with Gasteiger partial charge in [0.2, 0.25) is 0 Å². The standard InChI is InChI=1S/C26H30Cl2NOP/c1-25(2)14-22-15-26(3,18-25)19-29(22)31(30,16-23(27)20-10-6-4-7-11-20)17-24(28)21-12-8-5-9-13-21/h4-13,16-17,22H,14-15,18-19H2,1-3H3/b23-16-,24-17-. The Morgan fingerprint density at radius 2 is 1.39 bits per heavy atom. The molecule has 4 rings (SSSR count). The fraction of sp³-hybridized carbons (Fsp3) is 0.385. The molecule has 5 heteroatoms. The van der Waals surface area contributed by atoms with Gasteiger partial charge in [-0.2, -0.15) is 0 Å². The predicted molar refractivity (Wildman–Crippen MR) is 134 cm³/mol. The summed E-state index contributed by atoms with van der Waals surface area (Å²) >= 11 is 13.4. The van der Waals surface area contributed by atoms with E-state index in [1.165, 1.54) is 0 Å². The summed E-state index contributed by atoms with van der Waals surface area (Å²) in [5.74, 6) is 3.51. The van der Waals surface area contributed by atoms with E-state index in [1.54, 1.807) is 11.6 Å². The Morgan fingerprint density at radius 3 is 1.87 bits per heavy atom. The first-order chi connectivity index (χ1) is 14.6. The van der Waals surface area contributed by atoms with Crippen molar-refractivity contribution in [1.82, 2.24) is 4.67 Å². The van der Waals surface area contributed by atoms with E-state index >= 15 is 0 Å². The number of benzene rings is 2. The molecule has 2 aromatic rings. The van der Waals surface area contributed by atoms with Gasteiger partial charge in [-0.15, -0.1) is 0 Å². The first-order valence-electron chi connectivity index (χ1n) is 10.8. The van der Waals surface area contributed by atoms with Crippen molar-refractivity contribution in [2.45, 2.75) is 46.1 Å². The van der Waals surface area contributed by atoms with E-state index in [0.29, 0.717) is 10.1 Å². The molecule has 31 heavy (non-hydrogen) atoms. The molecule has 1 aliphatic heterocycles. The lowest BCUT2D eigenvalue weighted by Crippen LogP contribution is -2.33. The Bertz CT molecular complexity index is 988. The highest BCUT2D eigenvalue weighted by Gasteiger charge is 2.53. The third-order valence-electron chi connectivity index (χ3n) is 6.48. The molecule has 2 aliphatic rings. The third-order valence-corrected chi connectivity index (χ3v) is 9.97. The summed E-state index contributed by atoms with van der Waals surface area (Å²) in [6, 6.07) is 19.7. The summed E-state index contributed by atoms with van der Waals surface area (Å²) in [6.07, 6.45) is 3.23. The van der Waals surface area contributed by atoms with Crippen molar-refractivity contribution in [1.29, 1.82) is 0 Å². The zero-order valence-corrected chi connectivity index (χ0v) is 20.8. The van der Waals surface area contributed by atoms with Gasteiger partial charge in [0, 0.05) is 24.2 Å². The first-order valence-corrected chi connectivity index (χ1v) is 13.4. The fourth-order valence-corrected chi connectivity index (χ4v) is 9.30. The van der Waals surface area contributed by atoms with Gasteiger partial charge in [-0.25, -0.2) is 4.67 Å². The van der Waals surface area contributed by atoms with Crippen LogP contribution in [0.4, 0.5) is 0 Å². The normalized spacial score (nSPS) is 26.8. The van der Waals surface area contributed by atoms with E-state index in [-0.39, 0.29) is 16.9 Å². The molecule has 1 saturated carbocycles. The van der Waals surface area contributed by atoms with E-state index in [1.807, 2.05) is 60.7 Å². The maximum absolute atomic E-state index is 14.7. The van der Waals surface area contributed by atoms with Crippen molar-refractivity contribution in [3.63, 3.8) is 0 Å². The lowest BCUT2D eigenvalue weighted by Gasteiger charge is -2.40. The number of rotatable bonds is 5. The average Bonchev–Trinajstić information content (AvgIpc) is 2.98. The summed E-state index contributed by atoms with van der Waals surface area (Å²) in [4.78, 5) is 0. The lowest BCUT2D eigenvalue weighted by molar-refractivity contribution is 0.133. The summed E-state index contributed by atoms with van der Waals surface area (Å²) < 4.78 is 16.9. The smallest absolute Gasteiger partial charge is 0.196 e. The van der Waals surface area contributed by atoms with Crippen molar-refractivity contribution in [2.24, 2.45) is 10.8 Å². The van der Waals surface area contributed by atoms with E-state index in [4.69, 9.17) is 23.2 Å². The second kappa shape index (κ2) is 8.56. The maximum atomic E-state index is 14.7. The summed E-state index contributed by atoms with van der Waals surface area (Å²) in [6.45, 7) is 7.77. The van der Waals surface area contributed by atoms with Crippen LogP contribution in [0.1, 0.15) is 51.2 Å². The average molecular weight is 474 g/mol. The Labute approximate surface area is 196 Å². The van der Waals surface area contributed by atoms with Crippen molar-refractivity contribution >= 4 is 40.6 Å². The van der Waals surface area contributed by atoms with Gasteiger partial charge in [0.05, 0.1) is 10.1 Å². The molecule has 0 N–H and O–H groups in total. The number of nitrogens with zero attached hydrogens (tertiary/aromatic N) is 1. The minimum Gasteiger partial charge on any atom is -0.297 e. The Balaban J connectivity index is 1.79. The highest BCUT2D eigenvalue weighted by Crippen LogP contribution is 2.65. The van der Waals surface area contributed by atoms with Crippen LogP contribution in [-0.4, -0.2) is 17.3 Å². The topological polar surface area (TPSA) is 20.3 Å². The second-order valence-electron chi connectivity index (χ2n) is 10.2. The van der Waals surface area contributed by atoms with Crippen molar-refractivity contribution in [3.8, 4) is 0 Å². The van der Waals surface area contributed by atoms with Crippen LogP contribution in [0.2, 0.25) is 0 Å².